The van der Waals surface area contributed by atoms with Crippen LogP contribution in [-0.4, -0.2) is 41.5 Å². The van der Waals surface area contributed by atoms with Gasteiger partial charge in [-0.3, -0.25) is 14.9 Å². The van der Waals surface area contributed by atoms with Crippen LogP contribution in [0, 0.1) is 5.92 Å². The molecule has 0 bridgehead atoms. The van der Waals surface area contributed by atoms with E-state index in [1.807, 2.05) is 17.0 Å². The van der Waals surface area contributed by atoms with Crippen LogP contribution in [0.25, 0.3) is 0 Å². The quantitative estimate of drug-likeness (QED) is 0.551. The summed E-state index contributed by atoms with van der Waals surface area (Å²) in [5, 5.41) is 5.79. The zero-order valence-corrected chi connectivity index (χ0v) is 20.0. The summed E-state index contributed by atoms with van der Waals surface area (Å²) < 4.78 is 6.41. The molecule has 1 heterocycles. The first kappa shape index (κ1) is 23.2. The molecule has 1 aliphatic rings. The number of hydrogen-bond acceptors (Lipinski definition) is 4. The van der Waals surface area contributed by atoms with Crippen molar-refractivity contribution in [3.05, 3.63) is 58.1 Å². The van der Waals surface area contributed by atoms with Gasteiger partial charge in [-0.2, -0.15) is 0 Å². The van der Waals surface area contributed by atoms with Gasteiger partial charge in [0.05, 0.1) is 22.3 Å². The molecule has 0 atom stereocenters. The van der Waals surface area contributed by atoms with Crippen molar-refractivity contribution in [2.75, 3.05) is 25.0 Å². The second-order valence-corrected chi connectivity index (χ2v) is 9.07. The lowest BCUT2D eigenvalue weighted by Gasteiger charge is -2.18. The first-order chi connectivity index (χ1) is 14.8. The fourth-order valence-electron chi connectivity index (χ4n) is 3.21. The van der Waals surface area contributed by atoms with E-state index in [-0.39, 0.29) is 16.9 Å². The van der Waals surface area contributed by atoms with Crippen molar-refractivity contribution in [3.8, 4) is 5.75 Å². The lowest BCUT2D eigenvalue weighted by molar-refractivity contribution is 0.0793. The predicted molar refractivity (Wildman–Crippen MR) is 130 cm³/mol. The van der Waals surface area contributed by atoms with E-state index in [9.17, 15) is 9.59 Å². The standard InChI is InChI=1S/C23H26BrN3O3S/c1-15(2)14-30-20-10-9-16(13-18(20)24)21(28)26-23(31)25-19-8-4-3-7-17(19)22(29)27-11-5-6-12-27/h3-4,7-10,13,15H,5-6,11-12,14H2,1-2H3,(H2,25,26,28,31). The second-order valence-electron chi connectivity index (χ2n) is 7.80. The molecule has 0 saturated carbocycles. The number of ether oxygens (including phenoxy) is 1. The smallest absolute Gasteiger partial charge is 0.257 e. The molecule has 6 nitrogen and oxygen atoms in total. The van der Waals surface area contributed by atoms with Gasteiger partial charge in [-0.1, -0.05) is 26.0 Å². The zero-order chi connectivity index (χ0) is 22.4. The van der Waals surface area contributed by atoms with Crippen LogP contribution in [0.4, 0.5) is 5.69 Å². The van der Waals surface area contributed by atoms with Crippen LogP contribution in [0.1, 0.15) is 47.4 Å². The van der Waals surface area contributed by atoms with Crippen LogP contribution in [0.2, 0.25) is 0 Å². The number of likely N-dealkylation sites (tertiary alicyclic amines) is 1. The largest absolute Gasteiger partial charge is 0.492 e. The molecule has 2 N–H and O–H groups in total. The van der Waals surface area contributed by atoms with Gasteiger partial charge in [0.25, 0.3) is 11.8 Å². The average molecular weight is 504 g/mol. The summed E-state index contributed by atoms with van der Waals surface area (Å²) in [4.78, 5) is 27.3. The van der Waals surface area contributed by atoms with Gasteiger partial charge in [0.1, 0.15) is 5.75 Å². The van der Waals surface area contributed by atoms with Crippen LogP contribution in [0.5, 0.6) is 5.75 Å². The van der Waals surface area contributed by atoms with Crippen LogP contribution in [0.15, 0.2) is 46.9 Å². The van der Waals surface area contributed by atoms with E-state index >= 15 is 0 Å². The van der Waals surface area contributed by atoms with Crippen molar-refractivity contribution < 1.29 is 14.3 Å². The summed E-state index contributed by atoms with van der Waals surface area (Å²) in [5.41, 5.74) is 1.55. The Morgan fingerprint density at radius 1 is 1.16 bits per heavy atom. The number of nitrogens with zero attached hydrogens (tertiary/aromatic N) is 1. The number of amides is 2. The molecule has 0 aliphatic carbocycles. The fourth-order valence-corrected chi connectivity index (χ4v) is 3.91. The molecule has 1 fully saturated rings. The number of carbonyl (C=O) groups is 2. The van der Waals surface area contributed by atoms with E-state index in [4.69, 9.17) is 17.0 Å². The number of thiocarbonyl (C=S) groups is 1. The molecule has 0 unspecified atom stereocenters. The molecule has 31 heavy (non-hydrogen) atoms. The Hall–Kier alpha value is -2.45. The van der Waals surface area contributed by atoms with Crippen molar-refractivity contribution in [2.45, 2.75) is 26.7 Å². The van der Waals surface area contributed by atoms with E-state index in [2.05, 4.69) is 40.4 Å². The molecule has 1 aliphatic heterocycles. The third kappa shape index (κ3) is 6.27. The number of anilines is 1. The second kappa shape index (κ2) is 10.7. The maximum Gasteiger partial charge on any atom is 0.257 e. The van der Waals surface area contributed by atoms with Crippen molar-refractivity contribution in [1.82, 2.24) is 10.2 Å². The van der Waals surface area contributed by atoms with Crippen molar-refractivity contribution >= 4 is 50.8 Å². The Kier molecular flexibility index (Phi) is 8.03. The number of hydrogen-bond donors (Lipinski definition) is 2. The molecule has 8 heteroatoms. The van der Waals surface area contributed by atoms with E-state index in [1.165, 1.54) is 0 Å². The first-order valence-corrected chi connectivity index (χ1v) is 11.5. The Morgan fingerprint density at radius 2 is 1.87 bits per heavy atom. The van der Waals surface area contributed by atoms with Crippen LogP contribution < -0.4 is 15.4 Å². The molecule has 2 aromatic carbocycles. The SMILES string of the molecule is CC(C)COc1ccc(C(=O)NC(=S)Nc2ccccc2C(=O)N2CCCC2)cc1Br. The van der Waals surface area contributed by atoms with Crippen molar-refractivity contribution in [3.63, 3.8) is 0 Å². The molecule has 2 amide bonds. The predicted octanol–water partition coefficient (Wildman–Crippen LogP) is 4.85. The minimum atomic E-state index is -0.350. The van der Waals surface area contributed by atoms with Gasteiger partial charge < -0.3 is 15.0 Å². The van der Waals surface area contributed by atoms with Gasteiger partial charge in [-0.25, -0.2) is 0 Å². The van der Waals surface area contributed by atoms with Gasteiger partial charge in [-0.15, -0.1) is 0 Å². The van der Waals surface area contributed by atoms with Gasteiger partial charge in [0, 0.05) is 18.7 Å². The monoisotopic (exact) mass is 503 g/mol. The number of para-hydroxylation sites is 1. The Labute approximate surface area is 196 Å². The number of carbonyl (C=O) groups excluding carboxylic acids is 2. The van der Waals surface area contributed by atoms with E-state index in [0.29, 0.717) is 39.6 Å². The summed E-state index contributed by atoms with van der Waals surface area (Å²) in [6.45, 7) is 6.26. The summed E-state index contributed by atoms with van der Waals surface area (Å²) in [7, 11) is 0. The minimum Gasteiger partial charge on any atom is -0.492 e. The molecule has 0 aromatic heterocycles. The summed E-state index contributed by atoms with van der Waals surface area (Å²) in [5.74, 6) is 0.700. The molecular weight excluding hydrogens is 478 g/mol. The van der Waals surface area contributed by atoms with Crippen LogP contribution in [-0.2, 0) is 0 Å². The van der Waals surface area contributed by atoms with Crippen LogP contribution in [0.3, 0.4) is 0 Å². The number of rotatable bonds is 6. The lowest BCUT2D eigenvalue weighted by atomic mass is 10.1. The summed E-state index contributed by atoms with van der Waals surface area (Å²) in [6.07, 6.45) is 2.04. The highest BCUT2D eigenvalue weighted by Gasteiger charge is 2.22. The summed E-state index contributed by atoms with van der Waals surface area (Å²) >= 11 is 8.77. The highest BCUT2D eigenvalue weighted by molar-refractivity contribution is 9.10. The normalized spacial score (nSPS) is 13.2. The summed E-state index contributed by atoms with van der Waals surface area (Å²) in [6, 6.07) is 12.3. The highest BCUT2D eigenvalue weighted by atomic mass is 79.9. The van der Waals surface area contributed by atoms with E-state index in [0.717, 1.165) is 25.9 Å². The fraction of sp³-hybridized carbons (Fsp3) is 0.348. The van der Waals surface area contributed by atoms with Crippen LogP contribution >= 0.6 is 28.1 Å². The van der Waals surface area contributed by atoms with E-state index < -0.39 is 0 Å². The first-order valence-electron chi connectivity index (χ1n) is 10.3. The molecule has 0 spiro atoms. The topological polar surface area (TPSA) is 70.7 Å². The third-order valence-corrected chi connectivity index (χ3v) is 5.62. The molecule has 2 aromatic rings. The highest BCUT2D eigenvalue weighted by Crippen LogP contribution is 2.26. The molecule has 1 saturated heterocycles. The van der Waals surface area contributed by atoms with Gasteiger partial charge >= 0.3 is 0 Å². The number of halogens is 1. The average Bonchev–Trinajstić information content (AvgIpc) is 3.27. The number of benzene rings is 2. The van der Waals surface area contributed by atoms with E-state index in [1.54, 1.807) is 30.3 Å². The maximum absolute atomic E-state index is 12.8. The van der Waals surface area contributed by atoms with Gasteiger partial charge in [0.15, 0.2) is 5.11 Å². The number of nitrogens with one attached hydrogen (secondary N) is 2. The zero-order valence-electron chi connectivity index (χ0n) is 17.6. The van der Waals surface area contributed by atoms with Crippen molar-refractivity contribution in [1.29, 1.82) is 0 Å². The Bertz CT molecular complexity index is 974. The third-order valence-electron chi connectivity index (χ3n) is 4.79. The molecular formula is C23H26BrN3O3S. The molecule has 164 valence electrons. The van der Waals surface area contributed by atoms with Gasteiger partial charge in [-0.05, 0) is 77.2 Å². The Balaban J connectivity index is 1.64. The Morgan fingerprint density at radius 3 is 2.55 bits per heavy atom. The van der Waals surface area contributed by atoms with Crippen molar-refractivity contribution in [2.24, 2.45) is 5.92 Å². The lowest BCUT2D eigenvalue weighted by Crippen LogP contribution is -2.35. The maximum atomic E-state index is 12.8. The molecule has 0 radical (unpaired) electrons. The van der Waals surface area contributed by atoms with Gasteiger partial charge in [0.2, 0.25) is 0 Å². The minimum absolute atomic E-state index is 0.0318. The molecule has 3 rings (SSSR count).